The summed E-state index contributed by atoms with van der Waals surface area (Å²) in [4.78, 5) is 16.6. The van der Waals surface area contributed by atoms with E-state index in [2.05, 4.69) is 10.3 Å². The Morgan fingerprint density at radius 3 is 2.64 bits per heavy atom. The Hall–Kier alpha value is -2.17. The first kappa shape index (κ1) is 20.6. The predicted molar refractivity (Wildman–Crippen MR) is 97.6 cm³/mol. The monoisotopic (exact) mass is 433 g/mol. The van der Waals surface area contributed by atoms with Crippen molar-refractivity contribution >= 4 is 33.2 Å². The highest BCUT2D eigenvalue weighted by Gasteiger charge is 2.31. The summed E-state index contributed by atoms with van der Waals surface area (Å²) in [7, 11) is -3.39. The van der Waals surface area contributed by atoms with E-state index in [1.165, 1.54) is 16.7 Å². The third-order valence-electron chi connectivity index (χ3n) is 4.36. The second-order valence-electron chi connectivity index (χ2n) is 6.32. The Balaban J connectivity index is 1.90. The molecule has 0 aliphatic carbocycles. The molecule has 0 fully saturated rings. The van der Waals surface area contributed by atoms with Crippen molar-refractivity contribution in [2.24, 2.45) is 0 Å². The zero-order valence-corrected chi connectivity index (χ0v) is 16.1. The van der Waals surface area contributed by atoms with Gasteiger partial charge < -0.3 is 5.32 Å². The highest BCUT2D eigenvalue weighted by Crippen LogP contribution is 2.34. The third kappa shape index (κ3) is 4.29. The molecule has 2 heterocycles. The number of nitrogens with zero attached hydrogens (tertiary/aromatic N) is 2. The van der Waals surface area contributed by atoms with Crippen LogP contribution in [-0.2, 0) is 29.2 Å². The van der Waals surface area contributed by atoms with Gasteiger partial charge in [0.05, 0.1) is 28.1 Å². The van der Waals surface area contributed by atoms with Gasteiger partial charge in [0, 0.05) is 25.5 Å². The van der Waals surface area contributed by atoms with Gasteiger partial charge in [-0.25, -0.2) is 8.42 Å². The van der Waals surface area contributed by atoms with Crippen molar-refractivity contribution in [1.29, 1.82) is 0 Å². The fourth-order valence-corrected chi connectivity index (χ4v) is 3.89. The van der Waals surface area contributed by atoms with Crippen molar-refractivity contribution in [3.8, 4) is 0 Å². The summed E-state index contributed by atoms with van der Waals surface area (Å²) in [5, 5.41) is 2.35. The molecule has 0 saturated heterocycles. The minimum absolute atomic E-state index is 0.0395. The molecule has 1 amide bonds. The Morgan fingerprint density at radius 2 is 2.00 bits per heavy atom. The van der Waals surface area contributed by atoms with E-state index in [0.29, 0.717) is 11.1 Å². The van der Waals surface area contributed by atoms with Crippen molar-refractivity contribution in [3.63, 3.8) is 0 Å². The summed E-state index contributed by atoms with van der Waals surface area (Å²) >= 11 is 5.92. The molecule has 1 aliphatic heterocycles. The molecule has 0 unspecified atom stereocenters. The van der Waals surface area contributed by atoms with Crippen molar-refractivity contribution in [1.82, 2.24) is 9.29 Å². The third-order valence-corrected chi connectivity index (χ3v) is 5.94. The van der Waals surface area contributed by atoms with Crippen LogP contribution in [0.2, 0.25) is 5.02 Å². The normalized spacial score (nSPS) is 15.2. The van der Waals surface area contributed by atoms with Crippen molar-refractivity contribution in [3.05, 3.63) is 57.9 Å². The molecule has 0 radical (unpaired) electrons. The van der Waals surface area contributed by atoms with Gasteiger partial charge in [-0.05, 0) is 35.7 Å². The van der Waals surface area contributed by atoms with Crippen LogP contribution in [0.25, 0.3) is 0 Å². The molecule has 28 heavy (non-hydrogen) atoms. The van der Waals surface area contributed by atoms with E-state index in [9.17, 15) is 26.4 Å². The molecule has 0 atom stereocenters. The summed E-state index contributed by atoms with van der Waals surface area (Å²) in [6, 6.07) is 2.64. The number of halogens is 4. The van der Waals surface area contributed by atoms with E-state index in [0.717, 1.165) is 24.5 Å². The van der Waals surface area contributed by atoms with Crippen molar-refractivity contribution in [2.75, 3.05) is 18.1 Å². The number of carbonyl (C=O) groups excluding carboxylic acids is 1. The quantitative estimate of drug-likeness (QED) is 0.805. The molecule has 0 saturated carbocycles. The van der Waals surface area contributed by atoms with Gasteiger partial charge in [0.2, 0.25) is 10.0 Å². The van der Waals surface area contributed by atoms with Crippen molar-refractivity contribution < 1.29 is 26.4 Å². The zero-order chi connectivity index (χ0) is 20.7. The first-order valence-electron chi connectivity index (χ1n) is 8.06. The molecular formula is C17H15ClF3N3O3S. The smallest absolute Gasteiger partial charge is 0.321 e. The number of fused-ring (bicyclic) bond motifs is 1. The topological polar surface area (TPSA) is 79.4 Å². The molecule has 1 aromatic carbocycles. The number of rotatable bonds is 3. The summed E-state index contributed by atoms with van der Waals surface area (Å²) in [6.45, 7) is 0.271. The van der Waals surface area contributed by atoms with Crippen LogP contribution in [0.4, 0.5) is 18.9 Å². The van der Waals surface area contributed by atoms with Crippen LogP contribution in [0, 0.1) is 0 Å². The average Bonchev–Trinajstić information content (AvgIpc) is 2.60. The Bertz CT molecular complexity index is 1040. The van der Waals surface area contributed by atoms with Gasteiger partial charge in [-0.2, -0.15) is 17.5 Å². The number of amides is 1. The first-order chi connectivity index (χ1) is 13.0. The fraction of sp³-hybridized carbons (Fsp3) is 0.294. The molecule has 1 aromatic heterocycles. The number of carbonyl (C=O) groups is 1. The largest absolute Gasteiger partial charge is 0.416 e. The van der Waals surface area contributed by atoms with Crippen LogP contribution in [0.15, 0.2) is 30.6 Å². The summed E-state index contributed by atoms with van der Waals surface area (Å²) < 4.78 is 63.4. The molecule has 0 bridgehead atoms. The second-order valence-corrected chi connectivity index (χ2v) is 8.71. The Morgan fingerprint density at radius 1 is 1.29 bits per heavy atom. The summed E-state index contributed by atoms with van der Waals surface area (Å²) in [5.74, 6) is -0.668. The van der Waals surface area contributed by atoms with Gasteiger partial charge in [0.25, 0.3) is 5.91 Å². The SMILES string of the molecule is CS(=O)(=O)N1CCc2c(cncc2C(=O)Nc2cc(C(F)(F)F)ccc2Cl)C1. The zero-order valence-electron chi connectivity index (χ0n) is 14.5. The molecule has 3 rings (SSSR count). The van der Waals surface area contributed by atoms with Crippen LogP contribution in [-0.4, -0.2) is 36.4 Å². The van der Waals surface area contributed by atoms with E-state index < -0.39 is 27.7 Å². The van der Waals surface area contributed by atoms with Gasteiger partial charge in [-0.1, -0.05) is 11.6 Å². The molecular weight excluding hydrogens is 419 g/mol. The average molecular weight is 434 g/mol. The minimum atomic E-state index is -4.58. The highest BCUT2D eigenvalue weighted by atomic mass is 35.5. The lowest BCUT2D eigenvalue weighted by Gasteiger charge is -2.27. The van der Waals surface area contributed by atoms with E-state index in [1.54, 1.807) is 0 Å². The molecule has 2 aromatic rings. The Kier molecular flexibility index (Phi) is 5.39. The van der Waals surface area contributed by atoms with Crippen LogP contribution < -0.4 is 5.32 Å². The minimum Gasteiger partial charge on any atom is -0.321 e. The van der Waals surface area contributed by atoms with Gasteiger partial charge in [0.15, 0.2) is 0 Å². The van der Waals surface area contributed by atoms with Gasteiger partial charge in [0.1, 0.15) is 0 Å². The van der Waals surface area contributed by atoms with Crippen LogP contribution in [0.1, 0.15) is 27.0 Å². The number of alkyl halides is 3. The van der Waals surface area contributed by atoms with E-state index >= 15 is 0 Å². The van der Waals surface area contributed by atoms with Crippen LogP contribution in [0.3, 0.4) is 0 Å². The van der Waals surface area contributed by atoms with E-state index in [1.807, 2.05) is 0 Å². The lowest BCUT2D eigenvalue weighted by molar-refractivity contribution is -0.137. The maximum atomic E-state index is 12.9. The van der Waals surface area contributed by atoms with E-state index in [-0.39, 0.29) is 35.8 Å². The molecule has 6 nitrogen and oxygen atoms in total. The maximum absolute atomic E-state index is 12.9. The fourth-order valence-electron chi connectivity index (χ4n) is 2.93. The molecule has 0 spiro atoms. The predicted octanol–water partition coefficient (Wildman–Crippen LogP) is 3.32. The number of anilines is 1. The lowest BCUT2D eigenvalue weighted by Crippen LogP contribution is -2.36. The summed E-state index contributed by atoms with van der Waals surface area (Å²) in [5.41, 5.74) is 0.228. The maximum Gasteiger partial charge on any atom is 0.416 e. The van der Waals surface area contributed by atoms with Crippen LogP contribution in [0.5, 0.6) is 0 Å². The van der Waals surface area contributed by atoms with Crippen molar-refractivity contribution in [2.45, 2.75) is 19.1 Å². The van der Waals surface area contributed by atoms with Crippen LogP contribution >= 0.6 is 11.6 Å². The standard InChI is InChI=1S/C17H15ClF3N3O3S/c1-28(26,27)24-5-4-12-10(9-24)7-22-8-13(12)16(25)23-15-6-11(17(19,20)21)2-3-14(15)18/h2-3,6-8H,4-5,9H2,1H3,(H,23,25). The number of benzene rings is 1. The molecule has 1 N–H and O–H groups in total. The Labute approximate surface area is 164 Å². The number of hydrogen-bond acceptors (Lipinski definition) is 4. The lowest BCUT2D eigenvalue weighted by atomic mass is 9.98. The van der Waals surface area contributed by atoms with Gasteiger partial charge in [-0.15, -0.1) is 0 Å². The molecule has 150 valence electrons. The number of hydrogen-bond donors (Lipinski definition) is 1. The van der Waals surface area contributed by atoms with E-state index in [4.69, 9.17) is 11.6 Å². The number of pyridine rings is 1. The molecule has 1 aliphatic rings. The van der Waals surface area contributed by atoms with Gasteiger partial charge in [-0.3, -0.25) is 9.78 Å². The molecule has 11 heteroatoms. The second kappa shape index (κ2) is 7.34. The number of nitrogens with one attached hydrogen (secondary N) is 1. The first-order valence-corrected chi connectivity index (χ1v) is 10.3. The highest BCUT2D eigenvalue weighted by molar-refractivity contribution is 7.88. The van der Waals surface area contributed by atoms with Gasteiger partial charge >= 0.3 is 6.18 Å². The number of sulfonamides is 1. The number of aromatic nitrogens is 1. The summed E-state index contributed by atoms with van der Waals surface area (Å²) in [6.07, 6.45) is -0.430.